The summed E-state index contributed by atoms with van der Waals surface area (Å²) >= 11 is 1.55. The standard InChI is InChI=1S/C23H19N7OS/c31-21(20-14-16-4-1-2-6-19(16)32-20)28-10-12-29(13-11-28)23-26-22-25-9-7-18(30(22)27-23)17-5-3-8-24-15-17/h1-9,14-15H,10-13H2. The van der Waals surface area contributed by atoms with Gasteiger partial charge in [0.25, 0.3) is 11.7 Å². The van der Waals surface area contributed by atoms with Crippen LogP contribution in [0.5, 0.6) is 0 Å². The zero-order valence-corrected chi connectivity index (χ0v) is 17.9. The third-order valence-corrected chi connectivity index (χ3v) is 6.78. The fraction of sp³-hybridized carbons (Fsp3) is 0.174. The van der Waals surface area contributed by atoms with E-state index in [1.54, 1.807) is 34.4 Å². The van der Waals surface area contributed by atoms with Crippen LogP contribution < -0.4 is 4.90 Å². The van der Waals surface area contributed by atoms with Gasteiger partial charge in [-0.3, -0.25) is 9.78 Å². The Morgan fingerprint density at radius 3 is 2.66 bits per heavy atom. The summed E-state index contributed by atoms with van der Waals surface area (Å²) in [5, 5.41) is 5.83. The lowest BCUT2D eigenvalue weighted by Crippen LogP contribution is -2.49. The lowest BCUT2D eigenvalue weighted by molar-refractivity contribution is 0.0751. The first kappa shape index (κ1) is 18.9. The number of carbonyl (C=O) groups excluding carboxylic acids is 1. The molecule has 1 aliphatic heterocycles. The quantitative estimate of drug-likeness (QED) is 0.427. The predicted molar refractivity (Wildman–Crippen MR) is 124 cm³/mol. The first-order chi connectivity index (χ1) is 15.8. The van der Waals surface area contributed by atoms with Crippen molar-refractivity contribution in [2.75, 3.05) is 31.1 Å². The van der Waals surface area contributed by atoms with Crippen molar-refractivity contribution in [3.63, 3.8) is 0 Å². The van der Waals surface area contributed by atoms with E-state index in [9.17, 15) is 4.79 Å². The largest absolute Gasteiger partial charge is 0.336 e. The zero-order valence-electron chi connectivity index (χ0n) is 17.1. The second-order valence-corrected chi connectivity index (χ2v) is 8.71. The Balaban J connectivity index is 1.21. The van der Waals surface area contributed by atoms with Crippen molar-refractivity contribution >= 4 is 39.1 Å². The number of rotatable bonds is 3. The Morgan fingerprint density at radius 2 is 1.84 bits per heavy atom. The number of nitrogens with zero attached hydrogens (tertiary/aromatic N) is 7. The van der Waals surface area contributed by atoms with Crippen LogP contribution in [0.1, 0.15) is 9.67 Å². The maximum atomic E-state index is 13.0. The van der Waals surface area contributed by atoms with Gasteiger partial charge in [0, 0.05) is 55.0 Å². The molecule has 0 spiro atoms. The Hall–Kier alpha value is -3.85. The van der Waals surface area contributed by atoms with Crippen LogP contribution in [-0.2, 0) is 0 Å². The zero-order chi connectivity index (χ0) is 21.5. The Bertz CT molecular complexity index is 1390. The van der Waals surface area contributed by atoms with Crippen LogP contribution >= 0.6 is 11.3 Å². The van der Waals surface area contributed by atoms with Gasteiger partial charge in [0.1, 0.15) is 0 Å². The molecule has 1 amide bonds. The second kappa shape index (κ2) is 7.69. The Labute approximate surface area is 187 Å². The monoisotopic (exact) mass is 441 g/mol. The minimum Gasteiger partial charge on any atom is -0.336 e. The van der Waals surface area contributed by atoms with Gasteiger partial charge in [-0.1, -0.05) is 18.2 Å². The molecule has 5 heterocycles. The SMILES string of the molecule is O=C(c1cc2ccccc2s1)N1CCN(c2nc3nccc(-c4cccnc4)n3n2)CC1. The van der Waals surface area contributed by atoms with Gasteiger partial charge in [0.15, 0.2) is 0 Å². The van der Waals surface area contributed by atoms with Gasteiger partial charge in [-0.2, -0.15) is 9.50 Å². The summed E-state index contributed by atoms with van der Waals surface area (Å²) in [6.45, 7) is 2.61. The second-order valence-electron chi connectivity index (χ2n) is 7.62. The highest BCUT2D eigenvalue weighted by atomic mass is 32.1. The molecule has 6 rings (SSSR count). The smallest absolute Gasteiger partial charge is 0.264 e. The van der Waals surface area contributed by atoms with Crippen LogP contribution in [-0.4, -0.2) is 61.6 Å². The van der Waals surface area contributed by atoms with Crippen LogP contribution in [0, 0.1) is 0 Å². The summed E-state index contributed by atoms with van der Waals surface area (Å²) in [5.74, 6) is 1.27. The topological polar surface area (TPSA) is 79.5 Å². The Morgan fingerprint density at radius 1 is 0.969 bits per heavy atom. The van der Waals surface area contributed by atoms with Crippen LogP contribution in [0.2, 0.25) is 0 Å². The fourth-order valence-electron chi connectivity index (χ4n) is 4.00. The molecule has 9 heteroatoms. The Kier molecular flexibility index (Phi) is 4.53. The number of hydrogen-bond donors (Lipinski definition) is 0. The minimum absolute atomic E-state index is 0.0920. The molecule has 1 aliphatic rings. The maximum absolute atomic E-state index is 13.0. The van der Waals surface area contributed by atoms with Crippen LogP contribution in [0.4, 0.5) is 5.95 Å². The van der Waals surface area contributed by atoms with E-state index in [0.717, 1.165) is 26.2 Å². The van der Waals surface area contributed by atoms with Gasteiger partial charge >= 0.3 is 0 Å². The van der Waals surface area contributed by atoms with Crippen LogP contribution in [0.25, 0.3) is 27.1 Å². The molecule has 0 bridgehead atoms. The fourth-order valence-corrected chi connectivity index (χ4v) is 5.03. The molecule has 1 aromatic carbocycles. The van der Waals surface area contributed by atoms with Crippen molar-refractivity contribution in [2.24, 2.45) is 0 Å². The number of fused-ring (bicyclic) bond motifs is 2. The molecule has 0 saturated carbocycles. The van der Waals surface area contributed by atoms with Crippen LogP contribution in [0.15, 0.2) is 67.1 Å². The molecule has 0 atom stereocenters. The molecule has 8 nitrogen and oxygen atoms in total. The summed E-state index contributed by atoms with van der Waals surface area (Å²) in [6.07, 6.45) is 5.28. The maximum Gasteiger partial charge on any atom is 0.264 e. The molecular formula is C23H19N7OS. The molecule has 0 aliphatic carbocycles. The summed E-state index contributed by atoms with van der Waals surface area (Å²) in [4.78, 5) is 31.0. The molecule has 0 N–H and O–H groups in total. The highest BCUT2D eigenvalue weighted by Gasteiger charge is 2.25. The van der Waals surface area contributed by atoms with E-state index >= 15 is 0 Å². The molecule has 1 saturated heterocycles. The van der Waals surface area contributed by atoms with Gasteiger partial charge in [0.05, 0.1) is 10.6 Å². The van der Waals surface area contributed by atoms with Crippen molar-refractivity contribution < 1.29 is 4.79 Å². The highest BCUT2D eigenvalue weighted by Crippen LogP contribution is 2.27. The lowest BCUT2D eigenvalue weighted by atomic mass is 10.2. The van der Waals surface area contributed by atoms with E-state index in [2.05, 4.69) is 25.9 Å². The molecule has 4 aromatic heterocycles. The third-order valence-electron chi connectivity index (χ3n) is 5.67. The number of thiophene rings is 1. The molecule has 1 fully saturated rings. The number of hydrogen-bond acceptors (Lipinski definition) is 7. The average molecular weight is 442 g/mol. The first-order valence-electron chi connectivity index (χ1n) is 10.4. The minimum atomic E-state index is 0.0920. The number of benzene rings is 1. The number of anilines is 1. The van der Waals surface area contributed by atoms with Crippen molar-refractivity contribution in [1.29, 1.82) is 0 Å². The van der Waals surface area contributed by atoms with Gasteiger partial charge in [-0.05, 0) is 35.7 Å². The van der Waals surface area contributed by atoms with Crippen molar-refractivity contribution in [3.05, 3.63) is 72.0 Å². The highest BCUT2D eigenvalue weighted by molar-refractivity contribution is 7.20. The first-order valence-corrected chi connectivity index (χ1v) is 11.2. The molecular weight excluding hydrogens is 422 g/mol. The van der Waals surface area contributed by atoms with E-state index in [1.807, 2.05) is 47.4 Å². The normalized spacial score (nSPS) is 14.4. The van der Waals surface area contributed by atoms with Crippen molar-refractivity contribution in [3.8, 4) is 11.3 Å². The predicted octanol–water partition coefficient (Wildman–Crippen LogP) is 3.36. The van der Waals surface area contributed by atoms with Gasteiger partial charge in [-0.25, -0.2) is 4.98 Å². The van der Waals surface area contributed by atoms with Gasteiger partial charge < -0.3 is 9.80 Å². The van der Waals surface area contributed by atoms with Crippen molar-refractivity contribution in [1.82, 2.24) is 29.5 Å². The van der Waals surface area contributed by atoms with Crippen LogP contribution in [0.3, 0.4) is 0 Å². The van der Waals surface area contributed by atoms with E-state index in [-0.39, 0.29) is 5.91 Å². The van der Waals surface area contributed by atoms with E-state index < -0.39 is 0 Å². The molecule has 158 valence electrons. The summed E-state index contributed by atoms with van der Waals surface area (Å²) in [7, 11) is 0. The van der Waals surface area contributed by atoms with Crippen molar-refractivity contribution in [2.45, 2.75) is 0 Å². The number of carbonyl (C=O) groups is 1. The van der Waals surface area contributed by atoms with E-state index in [0.29, 0.717) is 37.9 Å². The number of piperazine rings is 1. The average Bonchev–Trinajstić information content (AvgIpc) is 3.48. The number of pyridine rings is 1. The number of amides is 1. The molecule has 0 unspecified atom stereocenters. The molecule has 32 heavy (non-hydrogen) atoms. The summed E-state index contributed by atoms with van der Waals surface area (Å²) in [5.41, 5.74) is 1.84. The van der Waals surface area contributed by atoms with Gasteiger partial charge in [0.2, 0.25) is 5.95 Å². The van der Waals surface area contributed by atoms with E-state index in [1.165, 1.54) is 0 Å². The molecule has 5 aromatic rings. The lowest BCUT2D eigenvalue weighted by Gasteiger charge is -2.33. The molecule has 0 radical (unpaired) electrons. The summed E-state index contributed by atoms with van der Waals surface area (Å²) < 4.78 is 2.89. The van der Waals surface area contributed by atoms with Gasteiger partial charge in [-0.15, -0.1) is 16.4 Å². The number of aromatic nitrogens is 5. The summed E-state index contributed by atoms with van der Waals surface area (Å²) in [6, 6.07) is 15.9. The third kappa shape index (κ3) is 3.27. The van der Waals surface area contributed by atoms with E-state index in [4.69, 9.17) is 5.10 Å².